The molecule has 1 heterocycles. The molecule has 0 aromatic heterocycles. The largest absolute Gasteiger partial charge is 0.444 e. The van der Waals surface area contributed by atoms with Gasteiger partial charge in [-0.15, -0.1) is 0 Å². The lowest BCUT2D eigenvalue weighted by Gasteiger charge is -2.27. The number of ether oxygens (including phenoxy) is 2. The average molecular weight is 276 g/mol. The first-order chi connectivity index (χ1) is 8.74. The molecule has 2 amide bonds. The normalized spacial score (nSPS) is 23.3. The van der Waals surface area contributed by atoms with Crippen LogP contribution in [0.1, 0.15) is 27.2 Å². The van der Waals surface area contributed by atoms with Crippen molar-refractivity contribution in [1.29, 1.82) is 0 Å². The van der Waals surface area contributed by atoms with Crippen LogP contribution >= 0.6 is 0 Å². The molecule has 0 aromatic rings. The first-order valence-electron chi connectivity index (χ1n) is 6.15. The Morgan fingerprint density at radius 3 is 2.58 bits per heavy atom. The van der Waals surface area contributed by atoms with Crippen molar-refractivity contribution in [3.63, 3.8) is 0 Å². The molecule has 0 saturated carbocycles. The molecule has 1 aliphatic rings. The molecule has 0 radical (unpaired) electrons. The summed E-state index contributed by atoms with van der Waals surface area (Å²) in [5, 5.41) is 2.47. The van der Waals surface area contributed by atoms with Crippen LogP contribution in [-0.4, -0.2) is 55.1 Å². The molecule has 1 N–H and O–H groups in total. The van der Waals surface area contributed by atoms with Gasteiger partial charge < -0.3 is 14.8 Å². The summed E-state index contributed by atoms with van der Waals surface area (Å²) in [4.78, 5) is 24.9. The predicted molar refractivity (Wildman–Crippen MR) is 66.3 cm³/mol. The number of nitrogens with one attached hydrogen (secondary N) is 1. The van der Waals surface area contributed by atoms with Crippen molar-refractivity contribution in [2.45, 2.75) is 45.0 Å². The van der Waals surface area contributed by atoms with E-state index < -0.39 is 29.8 Å². The van der Waals surface area contributed by atoms with E-state index in [1.165, 1.54) is 7.11 Å². The van der Waals surface area contributed by atoms with Gasteiger partial charge in [0, 0.05) is 13.5 Å². The Balaban J connectivity index is 2.68. The zero-order valence-corrected chi connectivity index (χ0v) is 11.7. The minimum Gasteiger partial charge on any atom is -0.444 e. The molecule has 1 aliphatic heterocycles. The van der Waals surface area contributed by atoms with Crippen LogP contribution in [-0.2, 0) is 14.3 Å². The Morgan fingerprint density at radius 2 is 2.05 bits per heavy atom. The monoisotopic (exact) mass is 276 g/mol. The van der Waals surface area contributed by atoms with E-state index in [-0.39, 0.29) is 19.7 Å². The van der Waals surface area contributed by atoms with E-state index >= 15 is 0 Å². The van der Waals surface area contributed by atoms with Crippen molar-refractivity contribution in [1.82, 2.24) is 10.2 Å². The number of hydrogen-bond acceptors (Lipinski definition) is 4. The second kappa shape index (κ2) is 6.18. The van der Waals surface area contributed by atoms with Crippen LogP contribution in [0.3, 0.4) is 0 Å². The van der Waals surface area contributed by atoms with Crippen LogP contribution in [0.2, 0.25) is 0 Å². The molecule has 0 unspecified atom stereocenters. The number of rotatable bonds is 3. The van der Waals surface area contributed by atoms with Crippen LogP contribution in [0.5, 0.6) is 0 Å². The van der Waals surface area contributed by atoms with E-state index in [9.17, 15) is 14.0 Å². The Morgan fingerprint density at radius 1 is 1.42 bits per heavy atom. The van der Waals surface area contributed by atoms with Gasteiger partial charge in [0.05, 0.1) is 6.54 Å². The summed E-state index contributed by atoms with van der Waals surface area (Å²) in [6, 6.07) is -0.847. The molecule has 6 nitrogen and oxygen atoms in total. The predicted octanol–water partition coefficient (Wildman–Crippen LogP) is 1.05. The topological polar surface area (TPSA) is 67.9 Å². The van der Waals surface area contributed by atoms with Crippen molar-refractivity contribution < 1.29 is 23.5 Å². The summed E-state index contributed by atoms with van der Waals surface area (Å²) in [5.41, 5.74) is -0.682. The van der Waals surface area contributed by atoms with Gasteiger partial charge in [0.15, 0.2) is 0 Å². The van der Waals surface area contributed by atoms with Crippen LogP contribution < -0.4 is 5.32 Å². The fourth-order valence-electron chi connectivity index (χ4n) is 1.82. The van der Waals surface area contributed by atoms with E-state index in [1.54, 1.807) is 20.8 Å². The summed E-state index contributed by atoms with van der Waals surface area (Å²) in [6.45, 7) is 5.05. The van der Waals surface area contributed by atoms with Gasteiger partial charge in [0.25, 0.3) is 0 Å². The lowest BCUT2D eigenvalue weighted by molar-refractivity contribution is -0.127. The number of alkyl halides is 1. The zero-order chi connectivity index (χ0) is 14.6. The van der Waals surface area contributed by atoms with Crippen molar-refractivity contribution in [2.24, 2.45) is 0 Å². The number of likely N-dealkylation sites (tertiary alicyclic amines) is 1. The summed E-state index contributed by atoms with van der Waals surface area (Å²) < 4.78 is 23.3. The van der Waals surface area contributed by atoms with Gasteiger partial charge in [0.1, 0.15) is 24.5 Å². The quantitative estimate of drug-likeness (QED) is 0.782. The van der Waals surface area contributed by atoms with Crippen LogP contribution in [0.25, 0.3) is 0 Å². The van der Waals surface area contributed by atoms with Gasteiger partial charge in [-0.2, -0.15) is 0 Å². The average Bonchev–Trinajstić information content (AvgIpc) is 2.66. The second-order valence-electron chi connectivity index (χ2n) is 5.46. The number of hydrogen-bond donors (Lipinski definition) is 1. The minimum atomic E-state index is -1.22. The fraction of sp³-hybridized carbons (Fsp3) is 0.833. The van der Waals surface area contributed by atoms with Crippen molar-refractivity contribution in [2.75, 3.05) is 20.4 Å². The third-order valence-electron chi connectivity index (χ3n) is 2.57. The molecular formula is C12H21FN2O4. The van der Waals surface area contributed by atoms with Crippen LogP contribution in [0, 0.1) is 0 Å². The number of nitrogens with zero attached hydrogens (tertiary/aromatic N) is 1. The molecule has 110 valence electrons. The maximum atomic E-state index is 13.4. The highest BCUT2D eigenvalue weighted by molar-refractivity contribution is 5.86. The zero-order valence-electron chi connectivity index (χ0n) is 11.7. The fourth-order valence-corrected chi connectivity index (χ4v) is 1.82. The van der Waals surface area contributed by atoms with Gasteiger partial charge in [-0.05, 0) is 20.8 Å². The second-order valence-corrected chi connectivity index (χ2v) is 5.46. The number of amides is 2. The third kappa shape index (κ3) is 4.66. The SMILES string of the molecule is COCNC(=O)[C@@H]1C[C@@H](F)CN1C(=O)OC(C)(C)C. The molecule has 19 heavy (non-hydrogen) atoms. The smallest absolute Gasteiger partial charge is 0.411 e. The molecule has 0 aromatic carbocycles. The maximum Gasteiger partial charge on any atom is 0.411 e. The molecule has 0 aliphatic carbocycles. The number of carbonyl (C=O) groups excluding carboxylic acids is 2. The van der Waals surface area contributed by atoms with E-state index in [4.69, 9.17) is 9.47 Å². The number of halogens is 1. The Hall–Kier alpha value is -1.37. The molecule has 1 saturated heterocycles. The summed E-state index contributed by atoms with van der Waals surface area (Å²) in [5.74, 6) is -0.437. The molecule has 7 heteroatoms. The van der Waals surface area contributed by atoms with E-state index in [0.717, 1.165) is 4.90 Å². The lowest BCUT2D eigenvalue weighted by Crippen LogP contribution is -2.47. The molecule has 2 atom stereocenters. The first kappa shape index (κ1) is 15.7. The van der Waals surface area contributed by atoms with Gasteiger partial charge in [-0.3, -0.25) is 9.69 Å². The van der Waals surface area contributed by atoms with Gasteiger partial charge in [-0.25, -0.2) is 9.18 Å². The standard InChI is InChI=1S/C12H21FN2O4/c1-12(2,3)19-11(17)15-6-8(13)5-9(15)10(16)14-7-18-4/h8-9H,5-7H2,1-4H3,(H,14,16)/t8-,9+/m1/s1. The highest BCUT2D eigenvalue weighted by Crippen LogP contribution is 2.23. The van der Waals surface area contributed by atoms with Gasteiger partial charge in [0.2, 0.25) is 5.91 Å². The highest BCUT2D eigenvalue weighted by Gasteiger charge is 2.41. The number of methoxy groups -OCH3 is 1. The summed E-state index contributed by atoms with van der Waals surface area (Å²) in [7, 11) is 1.43. The molecule has 1 fully saturated rings. The van der Waals surface area contributed by atoms with Crippen molar-refractivity contribution in [3.05, 3.63) is 0 Å². The highest BCUT2D eigenvalue weighted by atomic mass is 19.1. The van der Waals surface area contributed by atoms with Gasteiger partial charge >= 0.3 is 6.09 Å². The summed E-state index contributed by atoms with van der Waals surface area (Å²) >= 11 is 0. The Labute approximate surface area is 112 Å². The van der Waals surface area contributed by atoms with E-state index in [2.05, 4.69) is 5.32 Å². The Kier molecular flexibility index (Phi) is 5.11. The first-order valence-corrected chi connectivity index (χ1v) is 6.15. The van der Waals surface area contributed by atoms with E-state index in [0.29, 0.717) is 0 Å². The van der Waals surface area contributed by atoms with Crippen LogP contribution in [0.15, 0.2) is 0 Å². The molecule has 0 spiro atoms. The minimum absolute atomic E-state index is 0.0191. The number of carbonyl (C=O) groups is 2. The molecule has 0 bridgehead atoms. The van der Waals surface area contributed by atoms with Crippen molar-refractivity contribution >= 4 is 12.0 Å². The summed E-state index contributed by atoms with van der Waals surface area (Å²) in [6.07, 6.45) is -1.91. The van der Waals surface area contributed by atoms with Crippen LogP contribution in [0.4, 0.5) is 9.18 Å². The Bertz CT molecular complexity index is 343. The molecular weight excluding hydrogens is 255 g/mol. The lowest BCUT2D eigenvalue weighted by atomic mass is 10.2. The third-order valence-corrected chi connectivity index (χ3v) is 2.57. The maximum absolute atomic E-state index is 13.4. The van der Waals surface area contributed by atoms with Crippen molar-refractivity contribution in [3.8, 4) is 0 Å². The van der Waals surface area contributed by atoms with Gasteiger partial charge in [-0.1, -0.05) is 0 Å². The molecule has 1 rings (SSSR count). The van der Waals surface area contributed by atoms with E-state index in [1.807, 2.05) is 0 Å².